The summed E-state index contributed by atoms with van der Waals surface area (Å²) in [5.74, 6) is -0.228. The third kappa shape index (κ3) is 3.03. The summed E-state index contributed by atoms with van der Waals surface area (Å²) in [5.41, 5.74) is -1.78. The number of fused-ring (bicyclic) bond motifs is 1. The number of benzene rings is 1. The molecule has 0 fully saturated rings. The lowest BCUT2D eigenvalue weighted by Gasteiger charge is -2.32. The normalized spacial score (nSPS) is 16.1. The van der Waals surface area contributed by atoms with Crippen molar-refractivity contribution in [1.82, 2.24) is 4.57 Å². The van der Waals surface area contributed by atoms with Gasteiger partial charge in [-0.25, -0.2) is 0 Å². The van der Waals surface area contributed by atoms with E-state index in [4.69, 9.17) is 0 Å². The highest BCUT2D eigenvalue weighted by Crippen LogP contribution is 2.36. The number of Topliss-reactive ketones (excluding diaryl/α,β-unsaturated/α-hetero) is 1. The Balaban J connectivity index is 2.35. The maximum atomic E-state index is 13.1. The number of hydrogen-bond donors (Lipinski definition) is 0. The highest BCUT2D eigenvalue weighted by molar-refractivity contribution is 5.99. The van der Waals surface area contributed by atoms with Crippen LogP contribution in [-0.4, -0.2) is 10.4 Å². The molecule has 1 heterocycles. The lowest BCUT2D eigenvalue weighted by atomic mass is 9.75. The predicted molar refractivity (Wildman–Crippen MR) is 88.2 cm³/mol. The van der Waals surface area contributed by atoms with Gasteiger partial charge in [0.25, 0.3) is 5.56 Å². The van der Waals surface area contributed by atoms with Gasteiger partial charge in [0.15, 0.2) is 5.78 Å². The first kappa shape index (κ1) is 17.9. The summed E-state index contributed by atoms with van der Waals surface area (Å²) < 4.78 is 40.3. The van der Waals surface area contributed by atoms with Crippen LogP contribution in [0.15, 0.2) is 35.1 Å². The van der Waals surface area contributed by atoms with Crippen LogP contribution in [0.5, 0.6) is 0 Å². The average Bonchev–Trinajstić information content (AvgIpc) is 2.53. The summed E-state index contributed by atoms with van der Waals surface area (Å²) in [6.07, 6.45) is -3.99. The second-order valence-electron chi connectivity index (χ2n) is 7.16. The van der Waals surface area contributed by atoms with Crippen molar-refractivity contribution in [3.63, 3.8) is 0 Å². The molecule has 0 atom stereocenters. The van der Waals surface area contributed by atoms with Crippen molar-refractivity contribution in [3.8, 4) is 11.8 Å². The Bertz CT molecular complexity index is 1010. The summed E-state index contributed by atoms with van der Waals surface area (Å²) in [6.45, 7) is 3.71. The zero-order chi connectivity index (χ0) is 19.3. The number of ketones is 1. The summed E-state index contributed by atoms with van der Waals surface area (Å²) >= 11 is 0. The molecule has 0 radical (unpaired) electrons. The van der Waals surface area contributed by atoms with E-state index in [0.29, 0.717) is 12.1 Å². The van der Waals surface area contributed by atoms with E-state index in [-0.39, 0.29) is 29.0 Å². The smallest absolute Gasteiger partial charge is 0.294 e. The Morgan fingerprint density at radius 1 is 1.15 bits per heavy atom. The minimum atomic E-state index is -4.57. The van der Waals surface area contributed by atoms with Crippen LogP contribution in [0.25, 0.3) is 5.69 Å². The second kappa shape index (κ2) is 5.84. The lowest BCUT2D eigenvalue weighted by molar-refractivity contribution is -0.137. The quantitative estimate of drug-likeness (QED) is 0.775. The number of rotatable bonds is 1. The number of pyridine rings is 1. The lowest BCUT2D eigenvalue weighted by Crippen LogP contribution is -2.35. The molecule has 26 heavy (non-hydrogen) atoms. The van der Waals surface area contributed by atoms with E-state index >= 15 is 0 Å². The molecular formula is C19H15F3N2O2. The number of hydrogen-bond acceptors (Lipinski definition) is 3. The fourth-order valence-corrected chi connectivity index (χ4v) is 3.29. The van der Waals surface area contributed by atoms with Crippen LogP contribution in [0, 0.1) is 16.7 Å². The minimum Gasteiger partial charge on any atom is -0.294 e. The Hall–Kier alpha value is -2.88. The van der Waals surface area contributed by atoms with E-state index in [1.54, 1.807) is 6.07 Å². The molecule has 1 aromatic heterocycles. The summed E-state index contributed by atoms with van der Waals surface area (Å²) in [5, 5.41) is 9.21. The fourth-order valence-electron chi connectivity index (χ4n) is 3.29. The van der Waals surface area contributed by atoms with E-state index in [2.05, 4.69) is 0 Å². The first-order chi connectivity index (χ1) is 12.0. The number of aromatic nitrogens is 1. The molecule has 0 aliphatic heterocycles. The van der Waals surface area contributed by atoms with E-state index in [1.807, 2.05) is 13.8 Å². The largest absolute Gasteiger partial charge is 0.416 e. The van der Waals surface area contributed by atoms with Crippen molar-refractivity contribution in [1.29, 1.82) is 5.26 Å². The zero-order valence-electron chi connectivity index (χ0n) is 14.1. The standard InChI is InChI=1S/C19H15F3N2O2/c1-18(2)8-15-14(16(25)9-18)6-11(10-23)17(26)24(15)13-5-3-4-12(7-13)19(20,21)22/h3-7H,8-9H2,1-2H3. The van der Waals surface area contributed by atoms with Gasteiger partial charge in [-0.3, -0.25) is 14.2 Å². The van der Waals surface area contributed by atoms with Crippen molar-refractivity contribution < 1.29 is 18.0 Å². The number of carbonyl (C=O) groups excluding carboxylic acids is 1. The zero-order valence-corrected chi connectivity index (χ0v) is 14.1. The SMILES string of the molecule is CC1(C)CC(=O)c2cc(C#N)c(=O)n(-c3cccc(C(F)(F)F)c3)c2C1. The topological polar surface area (TPSA) is 62.9 Å². The molecule has 1 aliphatic rings. The fraction of sp³-hybridized carbons (Fsp3) is 0.316. The molecule has 4 nitrogen and oxygen atoms in total. The van der Waals surface area contributed by atoms with Crippen molar-refractivity contribution >= 4 is 5.78 Å². The molecule has 0 saturated heterocycles. The van der Waals surface area contributed by atoms with Gasteiger partial charge in [-0.15, -0.1) is 0 Å². The van der Waals surface area contributed by atoms with E-state index in [0.717, 1.165) is 16.7 Å². The number of alkyl halides is 3. The minimum absolute atomic E-state index is 0.0105. The van der Waals surface area contributed by atoms with Gasteiger partial charge in [0.2, 0.25) is 0 Å². The molecule has 0 bridgehead atoms. The van der Waals surface area contributed by atoms with E-state index in [9.17, 15) is 28.0 Å². The van der Waals surface area contributed by atoms with Gasteiger partial charge in [-0.05, 0) is 36.1 Å². The van der Waals surface area contributed by atoms with Gasteiger partial charge < -0.3 is 0 Å². The maximum Gasteiger partial charge on any atom is 0.416 e. The number of halogens is 3. The van der Waals surface area contributed by atoms with Gasteiger partial charge in [0, 0.05) is 23.4 Å². The monoisotopic (exact) mass is 360 g/mol. The van der Waals surface area contributed by atoms with Crippen molar-refractivity contribution in [2.45, 2.75) is 32.9 Å². The molecule has 0 unspecified atom stereocenters. The molecule has 3 rings (SSSR count). The molecule has 134 valence electrons. The summed E-state index contributed by atoms with van der Waals surface area (Å²) in [4.78, 5) is 25.2. The van der Waals surface area contributed by atoms with Gasteiger partial charge >= 0.3 is 6.18 Å². The van der Waals surface area contributed by atoms with Gasteiger partial charge in [-0.2, -0.15) is 18.4 Å². The average molecular weight is 360 g/mol. The molecule has 1 aromatic carbocycles. The van der Waals surface area contributed by atoms with Gasteiger partial charge in [0.05, 0.1) is 5.56 Å². The molecule has 7 heteroatoms. The Morgan fingerprint density at radius 3 is 2.46 bits per heavy atom. The third-order valence-electron chi connectivity index (χ3n) is 4.44. The van der Waals surface area contributed by atoms with Crippen LogP contribution in [-0.2, 0) is 12.6 Å². The highest BCUT2D eigenvalue weighted by Gasteiger charge is 2.35. The van der Waals surface area contributed by atoms with Gasteiger partial charge in [0.1, 0.15) is 11.6 Å². The predicted octanol–water partition coefficient (Wildman–Crippen LogP) is 3.88. The Labute approximate surface area is 147 Å². The molecule has 1 aliphatic carbocycles. The molecule has 0 N–H and O–H groups in total. The Morgan fingerprint density at radius 2 is 1.85 bits per heavy atom. The first-order valence-electron chi connectivity index (χ1n) is 7.93. The van der Waals surface area contributed by atoms with Crippen LogP contribution >= 0.6 is 0 Å². The molecule has 0 saturated carbocycles. The number of nitriles is 1. The van der Waals surface area contributed by atoms with Crippen LogP contribution in [0.4, 0.5) is 13.2 Å². The van der Waals surface area contributed by atoms with Crippen LogP contribution in [0.1, 0.15) is 47.4 Å². The number of carbonyl (C=O) groups is 1. The van der Waals surface area contributed by atoms with E-state index < -0.39 is 22.7 Å². The molecule has 0 amide bonds. The molecule has 2 aromatic rings. The van der Waals surface area contributed by atoms with Crippen molar-refractivity contribution in [3.05, 3.63) is 63.1 Å². The van der Waals surface area contributed by atoms with Crippen LogP contribution in [0.2, 0.25) is 0 Å². The third-order valence-corrected chi connectivity index (χ3v) is 4.44. The number of nitrogens with zero attached hydrogens (tertiary/aromatic N) is 2. The summed E-state index contributed by atoms with van der Waals surface area (Å²) in [6, 6.07) is 7.31. The van der Waals surface area contributed by atoms with Crippen molar-refractivity contribution in [2.24, 2.45) is 5.41 Å². The van der Waals surface area contributed by atoms with Gasteiger partial charge in [-0.1, -0.05) is 19.9 Å². The Kier molecular flexibility index (Phi) is 4.02. The van der Waals surface area contributed by atoms with Crippen molar-refractivity contribution in [2.75, 3.05) is 0 Å². The second-order valence-corrected chi connectivity index (χ2v) is 7.16. The van der Waals surface area contributed by atoms with Crippen LogP contribution < -0.4 is 5.56 Å². The molecule has 0 spiro atoms. The first-order valence-corrected chi connectivity index (χ1v) is 7.93. The van der Waals surface area contributed by atoms with Crippen LogP contribution in [0.3, 0.4) is 0 Å². The van der Waals surface area contributed by atoms with E-state index in [1.165, 1.54) is 18.2 Å². The highest BCUT2D eigenvalue weighted by atomic mass is 19.4. The maximum absolute atomic E-state index is 13.1. The molecular weight excluding hydrogens is 345 g/mol. The summed E-state index contributed by atoms with van der Waals surface area (Å²) in [7, 11) is 0.